The average Bonchev–Trinajstić information content (AvgIpc) is 2.95. The molecule has 0 unspecified atom stereocenters. The number of hydrogen-bond acceptors (Lipinski definition) is 15. The van der Waals surface area contributed by atoms with Crippen LogP contribution in [0.15, 0.2) is 97.7 Å². The number of rotatable bonds is 9. The number of hydrogen-bond donors (Lipinski definition) is 5. The van der Waals surface area contributed by atoms with Gasteiger partial charge in [0.15, 0.2) is 5.75 Å². The molecule has 0 bridgehead atoms. The van der Waals surface area contributed by atoms with Crippen LogP contribution >= 0.6 is 11.6 Å². The molecule has 238 valence electrons. The smallest absolute Gasteiger partial charge is 0.744 e. The first-order chi connectivity index (χ1) is 21.5. The molecule has 0 radical (unpaired) electrons. The van der Waals surface area contributed by atoms with Crippen molar-refractivity contribution in [2.24, 2.45) is 10.2 Å². The molecule has 0 aliphatic rings. The predicted molar refractivity (Wildman–Crippen MR) is 162 cm³/mol. The molecule has 0 saturated carbocycles. The number of nitrogens with one attached hydrogen (secondary N) is 2. The van der Waals surface area contributed by atoms with Crippen LogP contribution in [-0.4, -0.2) is 59.0 Å². The Morgan fingerprint density at radius 3 is 1.90 bits per heavy atom. The molecule has 24 heteroatoms. The summed E-state index contributed by atoms with van der Waals surface area (Å²) in [5.74, 6) is -1.44. The van der Waals surface area contributed by atoms with Gasteiger partial charge in [-0.2, -0.15) is 31.8 Å². The third-order valence-electron chi connectivity index (χ3n) is 5.98. The van der Waals surface area contributed by atoms with Gasteiger partial charge in [0.05, 0.1) is 15.5 Å². The van der Waals surface area contributed by atoms with Crippen molar-refractivity contribution >= 4 is 87.4 Å². The van der Waals surface area contributed by atoms with Crippen molar-refractivity contribution in [1.29, 1.82) is 0 Å². The van der Waals surface area contributed by atoms with Crippen molar-refractivity contribution in [3.63, 3.8) is 0 Å². The number of azo groups is 1. The van der Waals surface area contributed by atoms with Crippen LogP contribution < -0.4 is 99.3 Å². The minimum Gasteiger partial charge on any atom is -0.744 e. The van der Waals surface area contributed by atoms with Gasteiger partial charge in [-0.1, -0.05) is 30.3 Å². The van der Waals surface area contributed by atoms with E-state index in [1.165, 1.54) is 12.1 Å². The van der Waals surface area contributed by atoms with Crippen LogP contribution in [0.2, 0.25) is 5.28 Å². The number of aromatic nitrogens is 3. The molecule has 4 aromatic carbocycles. The Labute approximate surface area is 350 Å². The molecule has 5 rings (SSSR count). The molecular weight excluding hydrogens is 759 g/mol. The van der Waals surface area contributed by atoms with Gasteiger partial charge in [-0.05, 0) is 59.5 Å². The summed E-state index contributed by atoms with van der Waals surface area (Å²) >= 11 is 6.06. The van der Waals surface area contributed by atoms with Gasteiger partial charge in [0.1, 0.15) is 26.4 Å². The third-order valence-corrected chi connectivity index (χ3v) is 8.73. The molecule has 5 N–H and O–H groups in total. The molecule has 0 atom stereocenters. The minimum absolute atomic E-state index is 0. The van der Waals surface area contributed by atoms with Gasteiger partial charge in [0.25, 0.3) is 20.2 Å². The number of aromatic hydroxyl groups is 1. The van der Waals surface area contributed by atoms with Gasteiger partial charge >= 0.3 is 88.7 Å². The summed E-state index contributed by atoms with van der Waals surface area (Å²) in [7, 11) is -15.3. The number of benzene rings is 4. The quantitative estimate of drug-likeness (QED) is 0.0538. The Morgan fingerprint density at radius 2 is 1.31 bits per heavy atom. The van der Waals surface area contributed by atoms with E-state index in [0.717, 1.165) is 24.3 Å². The SMILES string of the molecule is O=S(=O)([O-])c1cc2cc(S(=O)(=O)O)cc(Nc3nc(Cl)nc(Nc4ccccc4)n3)c2c(O)c1N=Nc1ccccc1S(=O)(=O)O.[Na+].[Na+].[Na+]. The van der Waals surface area contributed by atoms with E-state index in [4.69, 9.17) is 11.6 Å². The maximum Gasteiger partial charge on any atom is 1.00 e. The van der Waals surface area contributed by atoms with E-state index < -0.39 is 67.6 Å². The summed E-state index contributed by atoms with van der Waals surface area (Å²) in [6, 6.07) is 15.5. The van der Waals surface area contributed by atoms with Gasteiger partial charge < -0.3 is 20.3 Å². The summed E-state index contributed by atoms with van der Waals surface area (Å²) in [5, 5.41) is 22.9. The molecule has 0 aliphatic heterocycles. The van der Waals surface area contributed by atoms with Gasteiger partial charge in [-0.3, -0.25) is 9.11 Å². The van der Waals surface area contributed by atoms with Crippen molar-refractivity contribution in [3.05, 3.63) is 78.1 Å². The molecule has 0 amide bonds. The summed E-state index contributed by atoms with van der Waals surface area (Å²) < 4.78 is 104. The fourth-order valence-corrected chi connectivity index (χ4v) is 6.06. The zero-order chi connectivity index (χ0) is 33.4. The van der Waals surface area contributed by atoms with Crippen LogP contribution in [-0.2, 0) is 30.4 Å². The van der Waals surface area contributed by atoms with Gasteiger partial charge in [-0.15, -0.1) is 10.2 Å². The number of phenols is 1. The first kappa shape index (κ1) is 43.3. The molecule has 0 aliphatic carbocycles. The van der Waals surface area contributed by atoms with Gasteiger partial charge in [-0.25, -0.2) is 8.42 Å². The summed E-state index contributed by atoms with van der Waals surface area (Å²) in [5.41, 5.74) is -1.27. The number of fused-ring (bicyclic) bond motifs is 1. The number of para-hydroxylation sites is 1. The molecular formula is C25H17ClN7Na3O10S3+2. The number of anilines is 4. The maximum atomic E-state index is 12.2. The Balaban J connectivity index is 0.00000278. The van der Waals surface area contributed by atoms with E-state index in [2.05, 4.69) is 35.8 Å². The van der Waals surface area contributed by atoms with E-state index in [1.807, 2.05) is 0 Å². The standard InChI is InChI=1S/C25H18ClN7O10S3.3Na/c26-23-29-24(27-14-6-2-1-3-7-14)31-25(30-23)28-17-12-15(44(35,36)37)10-13-11-19(46(41,42)43)21(22(34)20(13)17)33-32-16-8-4-5-9-18(16)45(38,39)40;;;/h1-12,34H,(H,35,36,37)(H,38,39,40)(H,41,42,43)(H2,27,28,29,30,31);;;/q;3*+1/p-1. The Kier molecular flexibility index (Phi) is 15.1. The van der Waals surface area contributed by atoms with Crippen LogP contribution in [0.3, 0.4) is 0 Å². The largest absolute Gasteiger partial charge is 1.00 e. The van der Waals surface area contributed by atoms with Crippen molar-refractivity contribution in [1.82, 2.24) is 15.0 Å². The molecule has 5 aromatic rings. The second-order valence-electron chi connectivity index (χ2n) is 9.08. The normalized spacial score (nSPS) is 11.7. The van der Waals surface area contributed by atoms with Crippen LogP contribution in [0.5, 0.6) is 5.75 Å². The van der Waals surface area contributed by atoms with Crippen molar-refractivity contribution < 1.29 is 133 Å². The molecule has 49 heavy (non-hydrogen) atoms. The van der Waals surface area contributed by atoms with Crippen LogP contribution in [0.25, 0.3) is 10.8 Å². The fourth-order valence-electron chi connectivity index (χ4n) is 4.09. The van der Waals surface area contributed by atoms with E-state index in [1.54, 1.807) is 30.3 Å². The minimum atomic E-state index is -5.47. The van der Waals surface area contributed by atoms with E-state index in [0.29, 0.717) is 11.8 Å². The number of halogens is 1. The summed E-state index contributed by atoms with van der Waals surface area (Å²) in [4.78, 5) is 9.31. The summed E-state index contributed by atoms with van der Waals surface area (Å²) in [6.07, 6.45) is 0. The monoisotopic (exact) mass is 775 g/mol. The topological polar surface area (TPSA) is 274 Å². The Morgan fingerprint density at radius 1 is 0.714 bits per heavy atom. The second kappa shape index (κ2) is 17.1. The zero-order valence-corrected chi connectivity index (χ0v) is 34.7. The molecule has 0 spiro atoms. The van der Waals surface area contributed by atoms with Crippen molar-refractivity contribution in [2.45, 2.75) is 14.7 Å². The van der Waals surface area contributed by atoms with E-state index >= 15 is 0 Å². The third kappa shape index (κ3) is 10.6. The first-order valence-corrected chi connectivity index (χ1v) is 16.9. The Bertz CT molecular complexity index is 2390. The molecule has 0 saturated heterocycles. The number of phenolic OH excluding ortho intramolecular Hbond substituents is 1. The van der Waals surface area contributed by atoms with Crippen LogP contribution in [0, 0.1) is 0 Å². The second-order valence-corrected chi connectivity index (χ2v) is 13.6. The number of nitrogens with zero attached hydrogens (tertiary/aromatic N) is 5. The average molecular weight is 776 g/mol. The van der Waals surface area contributed by atoms with Gasteiger partial charge in [0, 0.05) is 11.1 Å². The van der Waals surface area contributed by atoms with Crippen LogP contribution in [0.4, 0.5) is 34.6 Å². The van der Waals surface area contributed by atoms with E-state index in [-0.39, 0.29) is 117 Å². The summed E-state index contributed by atoms with van der Waals surface area (Å²) in [6.45, 7) is 0. The van der Waals surface area contributed by atoms with Gasteiger partial charge in [0.2, 0.25) is 17.2 Å². The van der Waals surface area contributed by atoms with Crippen molar-refractivity contribution in [3.8, 4) is 5.75 Å². The molecule has 0 fully saturated rings. The zero-order valence-electron chi connectivity index (χ0n) is 25.5. The van der Waals surface area contributed by atoms with Crippen molar-refractivity contribution in [2.75, 3.05) is 10.6 Å². The first-order valence-electron chi connectivity index (χ1n) is 12.3. The predicted octanol–water partition coefficient (Wildman–Crippen LogP) is -4.30. The maximum absolute atomic E-state index is 12.2. The fraction of sp³-hybridized carbons (Fsp3) is 0. The molecule has 17 nitrogen and oxygen atoms in total. The van der Waals surface area contributed by atoms with Crippen LogP contribution in [0.1, 0.15) is 0 Å². The molecule has 1 heterocycles. The Hall–Kier alpha value is -1.83. The molecule has 1 aromatic heterocycles. The van der Waals surface area contributed by atoms with E-state index in [9.17, 15) is 44.0 Å².